The molecule has 0 fully saturated rings. The zero-order valence-electron chi connectivity index (χ0n) is 10.3. The molecular formula is C11H18O7. The van der Waals surface area contributed by atoms with E-state index >= 15 is 0 Å². The van der Waals surface area contributed by atoms with Gasteiger partial charge in [-0.05, 0) is 6.42 Å². The summed E-state index contributed by atoms with van der Waals surface area (Å²) in [6.07, 6.45) is -0.118. The van der Waals surface area contributed by atoms with E-state index in [9.17, 15) is 14.4 Å². The van der Waals surface area contributed by atoms with Crippen LogP contribution in [0, 0.1) is 17.8 Å². The van der Waals surface area contributed by atoms with Crippen molar-refractivity contribution in [1.82, 2.24) is 0 Å². The zero-order valence-corrected chi connectivity index (χ0v) is 10.3. The van der Waals surface area contributed by atoms with E-state index in [1.54, 1.807) is 0 Å². The lowest BCUT2D eigenvalue weighted by molar-refractivity contribution is -0.156. The van der Waals surface area contributed by atoms with Crippen LogP contribution in [0.5, 0.6) is 0 Å². The summed E-state index contributed by atoms with van der Waals surface area (Å²) in [7, 11) is 0. The van der Waals surface area contributed by atoms with E-state index in [0.29, 0.717) is 0 Å². The van der Waals surface area contributed by atoms with Crippen molar-refractivity contribution in [3.05, 3.63) is 0 Å². The largest absolute Gasteiger partial charge is 0.481 e. The van der Waals surface area contributed by atoms with Gasteiger partial charge < -0.3 is 20.1 Å². The highest BCUT2D eigenvalue weighted by atomic mass is 16.5. The lowest BCUT2D eigenvalue weighted by atomic mass is 9.86. The minimum atomic E-state index is -1.26. The fraction of sp³-hybridized carbons (Fsp3) is 0.727. The Morgan fingerprint density at radius 3 is 2.06 bits per heavy atom. The van der Waals surface area contributed by atoms with Gasteiger partial charge in [0.15, 0.2) is 0 Å². The predicted molar refractivity (Wildman–Crippen MR) is 59.8 cm³/mol. The molecule has 0 heterocycles. The maximum Gasteiger partial charge on any atom is 0.308 e. The maximum atomic E-state index is 11.4. The van der Waals surface area contributed by atoms with Crippen molar-refractivity contribution < 1.29 is 34.4 Å². The molecule has 0 aliphatic rings. The first-order valence-electron chi connectivity index (χ1n) is 5.54. The molecule has 0 aliphatic heterocycles. The van der Waals surface area contributed by atoms with Gasteiger partial charge in [-0.2, -0.15) is 0 Å². The first-order chi connectivity index (χ1) is 8.31. The zero-order chi connectivity index (χ0) is 14.3. The van der Waals surface area contributed by atoms with Crippen LogP contribution in [0.4, 0.5) is 0 Å². The molecular weight excluding hydrogens is 244 g/mol. The van der Waals surface area contributed by atoms with Crippen molar-refractivity contribution in [2.75, 3.05) is 13.2 Å². The van der Waals surface area contributed by atoms with Crippen molar-refractivity contribution in [2.24, 2.45) is 17.8 Å². The molecule has 0 spiro atoms. The first kappa shape index (κ1) is 16.4. The molecule has 0 saturated heterocycles. The molecule has 0 aromatic carbocycles. The van der Waals surface area contributed by atoms with Gasteiger partial charge in [-0.1, -0.05) is 13.8 Å². The summed E-state index contributed by atoms with van der Waals surface area (Å²) >= 11 is 0. The van der Waals surface area contributed by atoms with E-state index in [0.717, 1.165) is 0 Å². The maximum absolute atomic E-state index is 11.4. The molecule has 104 valence electrons. The van der Waals surface area contributed by atoms with Gasteiger partial charge in [-0.25, -0.2) is 0 Å². The monoisotopic (exact) mass is 262 g/mol. The third-order valence-corrected chi connectivity index (χ3v) is 2.66. The van der Waals surface area contributed by atoms with E-state index < -0.39 is 35.7 Å². The number of carbonyl (C=O) groups excluding carboxylic acids is 1. The van der Waals surface area contributed by atoms with Crippen LogP contribution in [0.1, 0.15) is 20.3 Å². The van der Waals surface area contributed by atoms with Crippen molar-refractivity contribution >= 4 is 17.9 Å². The second-order valence-corrected chi connectivity index (χ2v) is 4.10. The number of carboxylic acids is 2. The molecule has 0 rings (SSSR count). The molecule has 3 atom stereocenters. The fourth-order valence-corrected chi connectivity index (χ4v) is 1.46. The number of hydrogen-bond acceptors (Lipinski definition) is 5. The molecule has 0 aromatic heterocycles. The highest BCUT2D eigenvalue weighted by molar-refractivity contribution is 5.80. The van der Waals surface area contributed by atoms with Crippen LogP contribution >= 0.6 is 0 Å². The van der Waals surface area contributed by atoms with Crippen LogP contribution in [-0.2, 0) is 19.1 Å². The summed E-state index contributed by atoms with van der Waals surface area (Å²) in [6.45, 7) is 2.28. The Hall–Kier alpha value is -1.63. The van der Waals surface area contributed by atoms with Crippen molar-refractivity contribution in [3.63, 3.8) is 0 Å². The van der Waals surface area contributed by atoms with Gasteiger partial charge in [0.25, 0.3) is 0 Å². The van der Waals surface area contributed by atoms with Crippen LogP contribution in [0.25, 0.3) is 0 Å². The van der Waals surface area contributed by atoms with Crippen molar-refractivity contribution in [2.45, 2.75) is 20.3 Å². The first-order valence-corrected chi connectivity index (χ1v) is 5.54. The smallest absolute Gasteiger partial charge is 0.308 e. The molecule has 0 saturated carbocycles. The molecule has 0 aliphatic carbocycles. The molecule has 0 bridgehead atoms. The second-order valence-electron chi connectivity index (χ2n) is 4.10. The number of ether oxygens (including phenoxy) is 1. The average Bonchev–Trinajstić information content (AvgIpc) is 2.30. The molecule has 18 heavy (non-hydrogen) atoms. The van der Waals surface area contributed by atoms with E-state index in [1.807, 2.05) is 0 Å². The second kappa shape index (κ2) is 7.65. The van der Waals surface area contributed by atoms with Gasteiger partial charge in [0, 0.05) is 0 Å². The molecule has 3 unspecified atom stereocenters. The SMILES string of the molecule is CC(CC(C(=O)O)C(C)C(=O)O)C(=O)OCCO. The summed E-state index contributed by atoms with van der Waals surface area (Å²) < 4.78 is 4.64. The predicted octanol–water partition coefficient (Wildman–Crippen LogP) is -0.0304. The standard InChI is InChI=1S/C11H18O7/c1-6(11(17)18-4-3-12)5-8(10(15)16)7(2)9(13)14/h6-8,12H,3-5H2,1-2H3,(H,13,14)(H,15,16). The van der Waals surface area contributed by atoms with E-state index in [1.165, 1.54) is 13.8 Å². The van der Waals surface area contributed by atoms with E-state index in [-0.39, 0.29) is 19.6 Å². The number of rotatable bonds is 8. The topological polar surface area (TPSA) is 121 Å². The Morgan fingerprint density at radius 1 is 1.11 bits per heavy atom. The summed E-state index contributed by atoms with van der Waals surface area (Å²) in [4.78, 5) is 33.1. The van der Waals surface area contributed by atoms with Crippen LogP contribution in [0.15, 0.2) is 0 Å². The van der Waals surface area contributed by atoms with E-state index in [2.05, 4.69) is 4.74 Å². The van der Waals surface area contributed by atoms with Crippen LogP contribution in [-0.4, -0.2) is 46.4 Å². The molecule has 0 radical (unpaired) electrons. The highest BCUT2D eigenvalue weighted by Gasteiger charge is 2.33. The van der Waals surface area contributed by atoms with Gasteiger partial charge in [0.1, 0.15) is 6.61 Å². The Kier molecular flexibility index (Phi) is 6.96. The molecule has 0 amide bonds. The third kappa shape index (κ3) is 5.13. The molecule has 0 aromatic rings. The Labute approximate surface area is 104 Å². The molecule has 7 nitrogen and oxygen atoms in total. The highest BCUT2D eigenvalue weighted by Crippen LogP contribution is 2.22. The number of esters is 1. The van der Waals surface area contributed by atoms with Gasteiger partial charge in [-0.3, -0.25) is 14.4 Å². The van der Waals surface area contributed by atoms with Gasteiger partial charge in [0.2, 0.25) is 0 Å². The third-order valence-electron chi connectivity index (χ3n) is 2.66. The van der Waals surface area contributed by atoms with E-state index in [4.69, 9.17) is 15.3 Å². The van der Waals surface area contributed by atoms with Crippen molar-refractivity contribution in [3.8, 4) is 0 Å². The number of carboxylic acid groups (broad SMARTS) is 2. The summed E-state index contributed by atoms with van der Waals surface area (Å²) in [5.41, 5.74) is 0. The quantitative estimate of drug-likeness (QED) is 0.525. The molecule has 7 heteroatoms. The number of carbonyl (C=O) groups is 3. The number of hydrogen-bond donors (Lipinski definition) is 3. The van der Waals surface area contributed by atoms with Crippen LogP contribution in [0.3, 0.4) is 0 Å². The Balaban J connectivity index is 4.54. The van der Waals surface area contributed by atoms with Crippen LogP contribution < -0.4 is 0 Å². The van der Waals surface area contributed by atoms with Gasteiger partial charge >= 0.3 is 17.9 Å². The van der Waals surface area contributed by atoms with Crippen LogP contribution in [0.2, 0.25) is 0 Å². The van der Waals surface area contributed by atoms with Gasteiger partial charge in [-0.15, -0.1) is 0 Å². The number of aliphatic carboxylic acids is 2. The molecule has 3 N–H and O–H groups in total. The number of aliphatic hydroxyl groups is 1. The Bertz CT molecular complexity index is 313. The summed E-state index contributed by atoms with van der Waals surface area (Å²) in [5.74, 6) is -6.10. The minimum absolute atomic E-state index is 0.118. The minimum Gasteiger partial charge on any atom is -0.481 e. The Morgan fingerprint density at radius 2 is 1.67 bits per heavy atom. The van der Waals surface area contributed by atoms with Gasteiger partial charge in [0.05, 0.1) is 24.4 Å². The average molecular weight is 262 g/mol. The van der Waals surface area contributed by atoms with Crippen molar-refractivity contribution in [1.29, 1.82) is 0 Å². The normalized spacial score (nSPS) is 15.5. The summed E-state index contributed by atoms with van der Waals surface area (Å²) in [5, 5.41) is 26.2. The lowest BCUT2D eigenvalue weighted by Gasteiger charge is -2.19. The number of aliphatic hydroxyl groups excluding tert-OH is 1. The summed E-state index contributed by atoms with van der Waals surface area (Å²) in [6, 6.07) is 0. The lowest BCUT2D eigenvalue weighted by Crippen LogP contribution is -2.31. The fourth-order valence-electron chi connectivity index (χ4n) is 1.46.